The Morgan fingerprint density at radius 3 is 1.05 bits per heavy atom. The monoisotopic (exact) mass is 1110 g/mol. The first-order valence-electron chi connectivity index (χ1n) is 25.9. The molecule has 2 saturated heterocycles. The average Bonchev–Trinajstić information content (AvgIpc) is 3.58. The Kier molecular flexibility index (Phi) is 22.2. The lowest BCUT2D eigenvalue weighted by atomic mass is 9.96. The SMILES string of the molecule is CC[NH+](CC)CC.C[C@H]1O[C@H](O[C@H]2[C@H](OC(=O)c3ccccc3)[C@H](OC(=O)c3ccccc3)[C@@H](O[P+](=O)[O-])O[C@@H]2COC(=O)c2ccccc2)[C@H](OC(=O)c2ccccc2)[C@@H](OC(=O)c2ccccc2)[C@H]1OC(=O)c1ccccc1. The van der Waals surface area contributed by atoms with Gasteiger partial charge in [-0.2, -0.15) is 0 Å². The molecule has 19 nitrogen and oxygen atoms in total. The minimum Gasteiger partial charge on any atom is -0.566 e. The fourth-order valence-electron chi connectivity index (χ4n) is 8.66. The molecule has 0 aromatic heterocycles. The van der Waals surface area contributed by atoms with E-state index in [1.165, 1.54) is 111 Å². The molecule has 0 bridgehead atoms. The van der Waals surface area contributed by atoms with Gasteiger partial charge < -0.3 is 52.4 Å². The van der Waals surface area contributed by atoms with E-state index in [2.05, 4.69) is 20.8 Å². The average molecular weight is 1120 g/mol. The number of carbonyl (C=O) groups excluding carboxylic acids is 6. The van der Waals surface area contributed by atoms with Crippen LogP contribution in [0, 0.1) is 0 Å². The van der Waals surface area contributed by atoms with Gasteiger partial charge in [-0.1, -0.05) is 109 Å². The Morgan fingerprint density at radius 2 is 0.725 bits per heavy atom. The summed E-state index contributed by atoms with van der Waals surface area (Å²) in [5.41, 5.74) is 0.251. The van der Waals surface area contributed by atoms with Gasteiger partial charge in [0, 0.05) is 0 Å². The number of hydrogen-bond acceptors (Lipinski definition) is 18. The molecule has 418 valence electrons. The van der Waals surface area contributed by atoms with Crippen molar-refractivity contribution in [1.82, 2.24) is 0 Å². The lowest BCUT2D eigenvalue weighted by Gasteiger charge is -2.48. The van der Waals surface area contributed by atoms with E-state index < -0.39 is 112 Å². The highest BCUT2D eigenvalue weighted by molar-refractivity contribution is 7.30. The van der Waals surface area contributed by atoms with Crippen LogP contribution >= 0.6 is 8.25 Å². The van der Waals surface area contributed by atoms with E-state index in [1.807, 2.05) is 0 Å². The number of esters is 6. The highest BCUT2D eigenvalue weighted by Gasteiger charge is 2.58. The van der Waals surface area contributed by atoms with E-state index in [4.69, 9.17) is 47.2 Å². The van der Waals surface area contributed by atoms with Crippen molar-refractivity contribution in [3.05, 3.63) is 215 Å². The molecule has 2 fully saturated rings. The third kappa shape index (κ3) is 16.3. The first kappa shape index (κ1) is 59.7. The van der Waals surface area contributed by atoms with Gasteiger partial charge in [-0.05, 0) is 105 Å². The van der Waals surface area contributed by atoms with Crippen LogP contribution in [-0.2, 0) is 51.7 Å². The summed E-state index contributed by atoms with van der Waals surface area (Å²) in [4.78, 5) is 97.9. The van der Waals surface area contributed by atoms with Gasteiger partial charge in [0.2, 0.25) is 0 Å². The van der Waals surface area contributed by atoms with E-state index in [1.54, 1.807) is 102 Å². The number of rotatable bonds is 20. The lowest BCUT2D eigenvalue weighted by Crippen LogP contribution is -3.11. The maximum Gasteiger partial charge on any atom is 0.491 e. The number of hydrogen-bond donors (Lipinski definition) is 1. The molecule has 6 aromatic carbocycles. The molecular formula is C60H61NO18P+. The topological polar surface area (TPSA) is 239 Å². The molecule has 80 heavy (non-hydrogen) atoms. The van der Waals surface area contributed by atoms with Gasteiger partial charge in [-0.15, -0.1) is 4.52 Å². The number of carbonyl (C=O) groups is 6. The van der Waals surface area contributed by atoms with Crippen molar-refractivity contribution in [2.45, 2.75) is 89.1 Å². The third-order valence-corrected chi connectivity index (χ3v) is 13.3. The van der Waals surface area contributed by atoms with E-state index in [-0.39, 0.29) is 33.4 Å². The minimum absolute atomic E-state index is 0.0197. The second-order valence-corrected chi connectivity index (χ2v) is 18.8. The van der Waals surface area contributed by atoms with Crippen LogP contribution in [-0.4, -0.2) is 123 Å². The molecule has 1 unspecified atom stereocenters. The Morgan fingerprint density at radius 1 is 0.425 bits per heavy atom. The number of ether oxygens (including phenoxy) is 9. The Bertz CT molecular complexity index is 2950. The van der Waals surface area contributed by atoms with Crippen LogP contribution in [0.2, 0.25) is 0 Å². The quantitative estimate of drug-likeness (QED) is 0.0470. The van der Waals surface area contributed by atoms with Crippen LogP contribution in [0.1, 0.15) is 89.8 Å². The van der Waals surface area contributed by atoms with Gasteiger partial charge in [0.1, 0.15) is 18.8 Å². The summed E-state index contributed by atoms with van der Waals surface area (Å²) in [6.07, 6.45) is -18.0. The summed E-state index contributed by atoms with van der Waals surface area (Å²) < 4.78 is 73.2. The highest BCUT2D eigenvalue weighted by atomic mass is 31.1. The number of benzene rings is 6. The van der Waals surface area contributed by atoms with Gasteiger partial charge in [0.25, 0.3) is 6.29 Å². The Hall–Kier alpha value is -8.00. The van der Waals surface area contributed by atoms with Crippen molar-refractivity contribution >= 4 is 44.1 Å². The fraction of sp³-hybridized carbons (Fsp3) is 0.300. The summed E-state index contributed by atoms with van der Waals surface area (Å²) in [6.45, 7) is 11.2. The van der Waals surface area contributed by atoms with Gasteiger partial charge in [-0.3, -0.25) is 0 Å². The summed E-state index contributed by atoms with van der Waals surface area (Å²) in [5.74, 6) is -5.77. The van der Waals surface area contributed by atoms with Crippen LogP contribution < -0.4 is 9.79 Å². The van der Waals surface area contributed by atoms with Gasteiger partial charge in [0.05, 0.1) is 59.1 Å². The van der Waals surface area contributed by atoms with Crippen LogP contribution in [0.15, 0.2) is 182 Å². The van der Waals surface area contributed by atoms with Crippen molar-refractivity contribution in [2.24, 2.45) is 0 Å². The zero-order valence-electron chi connectivity index (χ0n) is 44.2. The molecule has 0 saturated carbocycles. The summed E-state index contributed by atoms with van der Waals surface area (Å²) in [5, 5.41) is 0. The molecule has 2 aliphatic heterocycles. The van der Waals surface area contributed by atoms with Crippen molar-refractivity contribution in [3.8, 4) is 0 Å². The van der Waals surface area contributed by atoms with Crippen LogP contribution in [0.4, 0.5) is 0 Å². The molecule has 2 aliphatic rings. The summed E-state index contributed by atoms with van der Waals surface area (Å²) in [6, 6.07) is 46.2. The molecule has 0 spiro atoms. The first-order valence-corrected chi connectivity index (χ1v) is 27.0. The molecule has 0 amide bonds. The second-order valence-electron chi connectivity index (χ2n) is 18.1. The second kappa shape index (κ2) is 29.8. The normalized spacial score (nSPS) is 22.4. The molecule has 6 aromatic rings. The van der Waals surface area contributed by atoms with E-state index >= 15 is 0 Å². The van der Waals surface area contributed by atoms with Crippen LogP contribution in [0.3, 0.4) is 0 Å². The maximum absolute atomic E-state index is 14.2. The minimum atomic E-state index is -3.81. The van der Waals surface area contributed by atoms with E-state index in [0.717, 1.165) is 0 Å². The molecule has 2 heterocycles. The molecule has 11 atom stereocenters. The highest BCUT2D eigenvalue weighted by Crippen LogP contribution is 2.38. The van der Waals surface area contributed by atoms with E-state index in [9.17, 15) is 38.2 Å². The van der Waals surface area contributed by atoms with Gasteiger partial charge >= 0.3 is 44.1 Å². The fourth-order valence-corrected chi connectivity index (χ4v) is 9.00. The van der Waals surface area contributed by atoms with Gasteiger partial charge in [-0.25, -0.2) is 28.8 Å². The zero-order valence-corrected chi connectivity index (χ0v) is 45.1. The van der Waals surface area contributed by atoms with Crippen molar-refractivity contribution < 1.29 is 90.3 Å². The van der Waals surface area contributed by atoms with Crippen molar-refractivity contribution in [3.63, 3.8) is 0 Å². The van der Waals surface area contributed by atoms with Crippen LogP contribution in [0.25, 0.3) is 0 Å². The third-order valence-electron chi connectivity index (χ3n) is 13.0. The lowest BCUT2D eigenvalue weighted by molar-refractivity contribution is -0.894. The summed E-state index contributed by atoms with van der Waals surface area (Å²) in [7, 11) is -3.81. The summed E-state index contributed by atoms with van der Waals surface area (Å²) >= 11 is 0. The standard InChI is InChI=1S/C54H45O18P.C6H15N/c1-33-41(66-48(56)35-22-10-3-11-23-35)43(67-49(57)36-24-12-4-13-25-36)45(69-51(59)38-28-16-6-17-29-38)53(64-33)71-42-40(32-63-47(55)34-20-8-2-9-21-34)65-54(72-73(61)62)46(70-52(60)39-30-18-7-19-31-39)44(42)68-50(58)37-26-14-5-15-27-37;1-4-7(5-2)6-3/h2-31,33,40-46,53-54H,32H2,1H3;4-6H2,1-3H3/p+1/t33-,40-,41+,42-,43+,44+,45-,46+,53-,54-;/m1./s1. The predicted molar refractivity (Wildman–Crippen MR) is 284 cm³/mol. The molecule has 8 rings (SSSR count). The molecule has 0 aliphatic carbocycles. The molecular weight excluding hydrogens is 1050 g/mol. The Labute approximate surface area is 463 Å². The van der Waals surface area contributed by atoms with Crippen LogP contribution in [0.5, 0.6) is 0 Å². The van der Waals surface area contributed by atoms with Crippen molar-refractivity contribution in [1.29, 1.82) is 0 Å². The molecule has 20 heteroatoms. The maximum atomic E-state index is 14.2. The largest absolute Gasteiger partial charge is 0.566 e. The predicted octanol–water partition coefficient (Wildman–Crippen LogP) is 6.79. The van der Waals surface area contributed by atoms with E-state index in [0.29, 0.717) is 0 Å². The van der Waals surface area contributed by atoms with Gasteiger partial charge in [0.15, 0.2) is 36.8 Å². The smallest absolute Gasteiger partial charge is 0.491 e. The molecule has 1 N–H and O–H groups in total. The Balaban J connectivity index is 0.00000124. The first-order chi connectivity index (χ1) is 38.8. The molecule has 0 radical (unpaired) electrons. The zero-order chi connectivity index (χ0) is 57.0. The number of quaternary nitrogens is 1. The number of nitrogens with one attached hydrogen (secondary N) is 1. The van der Waals surface area contributed by atoms with Crippen molar-refractivity contribution in [2.75, 3.05) is 26.2 Å².